The number of alkyl halides is 1. The van der Waals surface area contributed by atoms with E-state index in [-0.39, 0.29) is 11.6 Å². The number of halogens is 3. The largest absolute Gasteiger partial charge is 0.457 e. The molecule has 7 heteroatoms. The van der Waals surface area contributed by atoms with Gasteiger partial charge in [0.25, 0.3) is 5.69 Å². The Kier molecular flexibility index (Phi) is 5.01. The molecule has 20 heavy (non-hydrogen) atoms. The van der Waals surface area contributed by atoms with Crippen molar-refractivity contribution in [3.05, 3.63) is 61.0 Å². The molecule has 4 nitrogen and oxygen atoms in total. The van der Waals surface area contributed by atoms with Gasteiger partial charge in [-0.1, -0.05) is 31.9 Å². The number of ether oxygens (including phenoxy) is 1. The lowest BCUT2D eigenvalue weighted by Crippen LogP contribution is -1.92. The molecular formula is C13H8Br2ClNO3. The standard InChI is InChI=1S/C13H8Br2ClNO3/c14-9-1-2-13(8(3-9)7-16)20-12-5-10(15)4-11(6-12)17(18)19/h1-6H,7H2. The highest BCUT2D eigenvalue weighted by molar-refractivity contribution is 9.10. The van der Waals surface area contributed by atoms with Crippen molar-refractivity contribution in [3.8, 4) is 11.5 Å². The molecule has 2 rings (SSSR count). The molecule has 0 unspecified atom stereocenters. The Morgan fingerprint density at radius 2 is 1.90 bits per heavy atom. The minimum Gasteiger partial charge on any atom is -0.457 e. The van der Waals surface area contributed by atoms with Gasteiger partial charge in [0, 0.05) is 20.6 Å². The van der Waals surface area contributed by atoms with Gasteiger partial charge in [-0.05, 0) is 24.3 Å². The van der Waals surface area contributed by atoms with Gasteiger partial charge in [0.2, 0.25) is 0 Å². The molecular weight excluding hydrogens is 413 g/mol. The first-order valence-corrected chi connectivity index (χ1v) is 7.59. The van der Waals surface area contributed by atoms with Crippen LogP contribution in [0, 0.1) is 10.1 Å². The molecule has 0 fully saturated rings. The molecule has 0 amide bonds. The topological polar surface area (TPSA) is 52.4 Å². The van der Waals surface area contributed by atoms with Crippen LogP contribution in [-0.2, 0) is 5.88 Å². The minimum atomic E-state index is -0.471. The van der Waals surface area contributed by atoms with Crippen LogP contribution in [0.5, 0.6) is 11.5 Å². The van der Waals surface area contributed by atoms with E-state index in [1.54, 1.807) is 12.1 Å². The summed E-state index contributed by atoms with van der Waals surface area (Å²) in [5.41, 5.74) is 0.752. The van der Waals surface area contributed by atoms with Crippen molar-refractivity contribution in [2.24, 2.45) is 0 Å². The van der Waals surface area contributed by atoms with Crippen molar-refractivity contribution < 1.29 is 9.66 Å². The summed E-state index contributed by atoms with van der Waals surface area (Å²) in [5.74, 6) is 1.22. The fourth-order valence-corrected chi connectivity index (χ4v) is 2.67. The number of hydrogen-bond acceptors (Lipinski definition) is 3. The highest BCUT2D eigenvalue weighted by atomic mass is 79.9. The Morgan fingerprint density at radius 3 is 2.55 bits per heavy atom. The molecule has 0 spiro atoms. The molecule has 0 aliphatic carbocycles. The number of benzene rings is 2. The van der Waals surface area contributed by atoms with Gasteiger partial charge in [0.05, 0.1) is 16.9 Å². The van der Waals surface area contributed by atoms with Crippen LogP contribution in [0.3, 0.4) is 0 Å². The van der Waals surface area contributed by atoms with E-state index in [1.165, 1.54) is 12.1 Å². The molecule has 2 aromatic rings. The Morgan fingerprint density at radius 1 is 1.15 bits per heavy atom. The summed E-state index contributed by atoms with van der Waals surface area (Å²) in [5, 5.41) is 10.8. The monoisotopic (exact) mass is 419 g/mol. The Bertz CT molecular complexity index is 664. The number of nitrogens with zero attached hydrogens (tertiary/aromatic N) is 1. The second kappa shape index (κ2) is 6.56. The Labute approximate surface area is 137 Å². The van der Waals surface area contributed by atoms with Crippen molar-refractivity contribution in [3.63, 3.8) is 0 Å². The molecule has 2 aromatic carbocycles. The number of hydrogen-bond donors (Lipinski definition) is 0. The third-order valence-corrected chi connectivity index (χ3v) is 3.70. The predicted molar refractivity (Wildman–Crippen MR) is 84.6 cm³/mol. The predicted octanol–water partition coefficient (Wildman–Crippen LogP) is 5.65. The number of rotatable bonds is 4. The van der Waals surface area contributed by atoms with Crippen molar-refractivity contribution >= 4 is 49.1 Å². The van der Waals surface area contributed by atoms with Crippen molar-refractivity contribution in [1.82, 2.24) is 0 Å². The third kappa shape index (κ3) is 3.71. The second-order valence-electron chi connectivity index (χ2n) is 3.89. The van der Waals surface area contributed by atoms with E-state index in [1.807, 2.05) is 12.1 Å². The van der Waals surface area contributed by atoms with Crippen molar-refractivity contribution in [2.45, 2.75) is 5.88 Å². The van der Waals surface area contributed by atoms with Gasteiger partial charge < -0.3 is 4.74 Å². The zero-order valence-electron chi connectivity index (χ0n) is 9.98. The Hall–Kier alpha value is -1.11. The van der Waals surface area contributed by atoms with Gasteiger partial charge in [-0.15, -0.1) is 11.6 Å². The average Bonchev–Trinajstić information content (AvgIpc) is 2.40. The van der Waals surface area contributed by atoms with Gasteiger partial charge in [-0.3, -0.25) is 10.1 Å². The third-order valence-electron chi connectivity index (χ3n) is 2.46. The molecule has 0 radical (unpaired) electrons. The number of non-ortho nitro benzene ring substituents is 1. The smallest absolute Gasteiger partial charge is 0.274 e. The molecule has 0 bridgehead atoms. The van der Waals surface area contributed by atoms with Crippen molar-refractivity contribution in [2.75, 3.05) is 0 Å². The van der Waals surface area contributed by atoms with Crippen LogP contribution >= 0.6 is 43.5 Å². The summed E-state index contributed by atoms with van der Waals surface area (Å²) in [7, 11) is 0. The molecule has 0 aromatic heterocycles. The molecule has 0 saturated heterocycles. The first kappa shape index (κ1) is 15.3. The first-order valence-electron chi connectivity index (χ1n) is 5.47. The van der Waals surface area contributed by atoms with E-state index in [4.69, 9.17) is 16.3 Å². The van der Waals surface area contributed by atoms with Gasteiger partial charge in [0.15, 0.2) is 0 Å². The summed E-state index contributed by atoms with van der Waals surface area (Å²) < 4.78 is 7.15. The Balaban J connectivity index is 2.37. The van der Waals surface area contributed by atoms with Crippen LogP contribution in [0.15, 0.2) is 45.3 Å². The van der Waals surface area contributed by atoms with Gasteiger partial charge in [-0.2, -0.15) is 0 Å². The zero-order chi connectivity index (χ0) is 14.7. The summed E-state index contributed by atoms with van der Waals surface area (Å²) in [4.78, 5) is 10.4. The fourth-order valence-electron chi connectivity index (χ4n) is 1.59. The van der Waals surface area contributed by atoms with Crippen LogP contribution < -0.4 is 4.74 Å². The van der Waals surface area contributed by atoms with Crippen LogP contribution in [0.25, 0.3) is 0 Å². The highest BCUT2D eigenvalue weighted by Gasteiger charge is 2.11. The van der Waals surface area contributed by atoms with Crippen LogP contribution in [0.1, 0.15) is 5.56 Å². The minimum absolute atomic E-state index is 0.0427. The quantitative estimate of drug-likeness (QED) is 0.364. The highest BCUT2D eigenvalue weighted by Crippen LogP contribution is 2.33. The lowest BCUT2D eigenvalue weighted by Gasteiger charge is -2.10. The van der Waals surface area contributed by atoms with E-state index in [9.17, 15) is 10.1 Å². The molecule has 0 saturated carbocycles. The lowest BCUT2D eigenvalue weighted by molar-refractivity contribution is -0.385. The second-order valence-corrected chi connectivity index (χ2v) is 5.99. The van der Waals surface area contributed by atoms with Gasteiger partial charge in [-0.25, -0.2) is 0 Å². The van der Waals surface area contributed by atoms with Crippen molar-refractivity contribution in [1.29, 1.82) is 0 Å². The molecule has 0 aliphatic heterocycles. The molecule has 0 atom stereocenters. The average molecular weight is 421 g/mol. The van der Waals surface area contributed by atoms with E-state index in [0.29, 0.717) is 16.0 Å². The fraction of sp³-hybridized carbons (Fsp3) is 0.0769. The summed E-state index contributed by atoms with van der Waals surface area (Å²) in [6.07, 6.45) is 0. The maximum Gasteiger partial charge on any atom is 0.274 e. The molecule has 0 heterocycles. The SMILES string of the molecule is O=[N+]([O-])c1cc(Br)cc(Oc2ccc(Br)cc2CCl)c1. The maximum absolute atomic E-state index is 10.8. The summed E-state index contributed by atoms with van der Waals surface area (Å²) in [6.45, 7) is 0. The summed E-state index contributed by atoms with van der Waals surface area (Å²) >= 11 is 12.4. The van der Waals surface area contributed by atoms with Crippen LogP contribution in [-0.4, -0.2) is 4.92 Å². The van der Waals surface area contributed by atoms with E-state index in [0.717, 1.165) is 10.0 Å². The van der Waals surface area contributed by atoms with E-state index < -0.39 is 4.92 Å². The molecule has 0 N–H and O–H groups in total. The van der Waals surface area contributed by atoms with Crippen LogP contribution in [0.4, 0.5) is 5.69 Å². The number of nitro benzene ring substituents is 1. The lowest BCUT2D eigenvalue weighted by atomic mass is 10.2. The zero-order valence-corrected chi connectivity index (χ0v) is 13.9. The van der Waals surface area contributed by atoms with Gasteiger partial charge >= 0.3 is 0 Å². The summed E-state index contributed by atoms with van der Waals surface area (Å²) in [6, 6.07) is 9.86. The molecule has 0 aliphatic rings. The first-order chi connectivity index (χ1) is 9.49. The van der Waals surface area contributed by atoms with Gasteiger partial charge in [0.1, 0.15) is 11.5 Å². The van der Waals surface area contributed by atoms with E-state index >= 15 is 0 Å². The maximum atomic E-state index is 10.8. The number of nitro groups is 1. The normalized spacial score (nSPS) is 10.3. The molecule has 104 valence electrons. The van der Waals surface area contributed by atoms with Crippen LogP contribution in [0.2, 0.25) is 0 Å². The van der Waals surface area contributed by atoms with E-state index in [2.05, 4.69) is 31.9 Å².